The molecule has 0 spiro atoms. The Morgan fingerprint density at radius 2 is 2.00 bits per heavy atom. The van der Waals surface area contributed by atoms with Crippen molar-refractivity contribution in [1.29, 1.82) is 0 Å². The summed E-state index contributed by atoms with van der Waals surface area (Å²) in [6.07, 6.45) is 3.05. The fraction of sp³-hybridized carbons (Fsp3) is 0.250. The summed E-state index contributed by atoms with van der Waals surface area (Å²) in [5.41, 5.74) is 7.73. The molecule has 78 valence electrons. The molecule has 0 aliphatic rings. The number of rotatable bonds is 4. The maximum absolute atomic E-state index is 5.49. The Morgan fingerprint density at radius 3 is 2.73 bits per heavy atom. The molecule has 15 heavy (non-hydrogen) atoms. The lowest BCUT2D eigenvalue weighted by molar-refractivity contribution is 0.502. The lowest BCUT2D eigenvalue weighted by Crippen LogP contribution is -2.04. The molecule has 0 saturated heterocycles. The van der Waals surface area contributed by atoms with E-state index in [9.17, 15) is 0 Å². The SMILES string of the molecule is NCCc1ocnc1Cc1ccccc1. The van der Waals surface area contributed by atoms with Crippen molar-refractivity contribution in [2.24, 2.45) is 5.73 Å². The van der Waals surface area contributed by atoms with Crippen LogP contribution in [0.2, 0.25) is 0 Å². The van der Waals surface area contributed by atoms with Gasteiger partial charge in [-0.25, -0.2) is 4.98 Å². The van der Waals surface area contributed by atoms with Crippen molar-refractivity contribution in [2.75, 3.05) is 6.54 Å². The molecule has 2 aromatic rings. The van der Waals surface area contributed by atoms with Crippen LogP contribution in [-0.2, 0) is 12.8 Å². The molecule has 3 nitrogen and oxygen atoms in total. The molecule has 0 radical (unpaired) electrons. The standard InChI is InChI=1S/C12H14N2O/c13-7-6-12-11(14-9-15-12)8-10-4-2-1-3-5-10/h1-5,9H,6-8,13H2. The third-order valence-electron chi connectivity index (χ3n) is 2.31. The molecule has 0 aliphatic heterocycles. The predicted octanol–water partition coefficient (Wildman–Crippen LogP) is 1.77. The van der Waals surface area contributed by atoms with Gasteiger partial charge in [-0.3, -0.25) is 0 Å². The predicted molar refractivity (Wildman–Crippen MR) is 58.5 cm³/mol. The molecule has 0 saturated carbocycles. The quantitative estimate of drug-likeness (QED) is 0.822. The Labute approximate surface area is 88.9 Å². The fourth-order valence-corrected chi connectivity index (χ4v) is 1.56. The number of benzene rings is 1. The molecule has 0 atom stereocenters. The second kappa shape index (κ2) is 4.75. The zero-order chi connectivity index (χ0) is 10.5. The van der Waals surface area contributed by atoms with Crippen LogP contribution in [0.4, 0.5) is 0 Å². The molecule has 0 bridgehead atoms. The van der Waals surface area contributed by atoms with Gasteiger partial charge in [-0.15, -0.1) is 0 Å². The first-order valence-electron chi connectivity index (χ1n) is 5.05. The highest BCUT2D eigenvalue weighted by molar-refractivity contribution is 5.22. The molecule has 3 heteroatoms. The zero-order valence-corrected chi connectivity index (χ0v) is 8.52. The van der Waals surface area contributed by atoms with Crippen molar-refractivity contribution < 1.29 is 4.42 Å². The molecule has 0 amide bonds. The van der Waals surface area contributed by atoms with Crippen molar-refractivity contribution in [2.45, 2.75) is 12.8 Å². The Hall–Kier alpha value is -1.61. The van der Waals surface area contributed by atoms with Gasteiger partial charge in [0.05, 0.1) is 5.69 Å². The van der Waals surface area contributed by atoms with Gasteiger partial charge in [-0.2, -0.15) is 0 Å². The van der Waals surface area contributed by atoms with Gasteiger partial charge >= 0.3 is 0 Å². The largest absolute Gasteiger partial charge is 0.448 e. The van der Waals surface area contributed by atoms with Crippen molar-refractivity contribution in [3.05, 3.63) is 53.7 Å². The molecule has 0 aliphatic carbocycles. The minimum absolute atomic E-state index is 0.594. The van der Waals surface area contributed by atoms with Crippen LogP contribution < -0.4 is 5.73 Å². The van der Waals surface area contributed by atoms with E-state index in [-0.39, 0.29) is 0 Å². The highest BCUT2D eigenvalue weighted by Crippen LogP contribution is 2.12. The van der Waals surface area contributed by atoms with Gasteiger partial charge in [0.2, 0.25) is 0 Å². The Bertz CT molecular complexity index is 409. The summed E-state index contributed by atoms with van der Waals surface area (Å²) in [5.74, 6) is 0.904. The van der Waals surface area contributed by atoms with Crippen LogP contribution in [0.5, 0.6) is 0 Å². The van der Waals surface area contributed by atoms with Crippen LogP contribution in [0.15, 0.2) is 41.1 Å². The Morgan fingerprint density at radius 1 is 1.20 bits per heavy atom. The third kappa shape index (κ3) is 2.44. The number of nitrogens with two attached hydrogens (primary N) is 1. The van der Waals surface area contributed by atoms with E-state index in [4.69, 9.17) is 10.2 Å². The van der Waals surface area contributed by atoms with Gasteiger partial charge in [0.1, 0.15) is 5.76 Å². The maximum atomic E-state index is 5.49. The van der Waals surface area contributed by atoms with Gasteiger partial charge in [-0.05, 0) is 12.1 Å². The first kappa shape index (κ1) is 9.93. The van der Waals surface area contributed by atoms with Crippen molar-refractivity contribution in [1.82, 2.24) is 4.98 Å². The van der Waals surface area contributed by atoms with Crippen LogP contribution in [-0.4, -0.2) is 11.5 Å². The normalized spacial score (nSPS) is 10.5. The van der Waals surface area contributed by atoms with Crippen LogP contribution >= 0.6 is 0 Å². The van der Waals surface area contributed by atoms with Gasteiger partial charge < -0.3 is 10.2 Å². The number of oxazole rings is 1. The van der Waals surface area contributed by atoms with Crippen LogP contribution in [0.3, 0.4) is 0 Å². The average molecular weight is 202 g/mol. The van der Waals surface area contributed by atoms with E-state index in [1.54, 1.807) is 0 Å². The van der Waals surface area contributed by atoms with E-state index in [1.807, 2.05) is 18.2 Å². The van der Waals surface area contributed by atoms with Crippen LogP contribution in [0.1, 0.15) is 17.0 Å². The molecule has 0 unspecified atom stereocenters. The number of hydrogen-bond acceptors (Lipinski definition) is 3. The summed E-state index contributed by atoms with van der Waals surface area (Å²) in [7, 11) is 0. The smallest absolute Gasteiger partial charge is 0.181 e. The zero-order valence-electron chi connectivity index (χ0n) is 8.52. The molecule has 2 rings (SSSR count). The van der Waals surface area contributed by atoms with Crippen molar-refractivity contribution >= 4 is 0 Å². The minimum Gasteiger partial charge on any atom is -0.448 e. The molecule has 1 aromatic carbocycles. The Balaban J connectivity index is 2.14. The highest BCUT2D eigenvalue weighted by Gasteiger charge is 2.07. The molecule has 1 heterocycles. The van der Waals surface area contributed by atoms with E-state index in [2.05, 4.69) is 17.1 Å². The van der Waals surface area contributed by atoms with Gasteiger partial charge in [0, 0.05) is 12.8 Å². The van der Waals surface area contributed by atoms with E-state index in [0.717, 1.165) is 24.3 Å². The van der Waals surface area contributed by atoms with Gasteiger partial charge in [0.25, 0.3) is 0 Å². The maximum Gasteiger partial charge on any atom is 0.181 e. The first-order chi connectivity index (χ1) is 7.40. The van der Waals surface area contributed by atoms with E-state index in [0.29, 0.717) is 6.54 Å². The van der Waals surface area contributed by atoms with E-state index >= 15 is 0 Å². The monoisotopic (exact) mass is 202 g/mol. The number of aromatic nitrogens is 1. The van der Waals surface area contributed by atoms with Gasteiger partial charge in [-0.1, -0.05) is 30.3 Å². The van der Waals surface area contributed by atoms with Crippen molar-refractivity contribution in [3.8, 4) is 0 Å². The second-order valence-corrected chi connectivity index (χ2v) is 3.42. The van der Waals surface area contributed by atoms with Gasteiger partial charge in [0.15, 0.2) is 6.39 Å². The lowest BCUT2D eigenvalue weighted by atomic mass is 10.1. The number of hydrogen-bond donors (Lipinski definition) is 1. The molecule has 1 aromatic heterocycles. The first-order valence-corrected chi connectivity index (χ1v) is 5.05. The summed E-state index contributed by atoms with van der Waals surface area (Å²) >= 11 is 0. The summed E-state index contributed by atoms with van der Waals surface area (Å²) in [5, 5.41) is 0. The molecular weight excluding hydrogens is 188 g/mol. The van der Waals surface area contributed by atoms with Crippen LogP contribution in [0, 0.1) is 0 Å². The Kier molecular flexibility index (Phi) is 3.15. The molecule has 0 fully saturated rings. The summed E-state index contributed by atoms with van der Waals surface area (Å²) < 4.78 is 5.29. The van der Waals surface area contributed by atoms with Crippen molar-refractivity contribution in [3.63, 3.8) is 0 Å². The lowest BCUT2D eigenvalue weighted by Gasteiger charge is -1.99. The second-order valence-electron chi connectivity index (χ2n) is 3.42. The summed E-state index contributed by atoms with van der Waals surface area (Å²) in [4.78, 5) is 4.21. The molecule has 2 N–H and O–H groups in total. The minimum atomic E-state index is 0.594. The highest BCUT2D eigenvalue weighted by atomic mass is 16.3. The number of nitrogens with zero attached hydrogens (tertiary/aromatic N) is 1. The summed E-state index contributed by atoms with van der Waals surface area (Å²) in [6, 6.07) is 10.2. The topological polar surface area (TPSA) is 52.0 Å². The molecular formula is C12H14N2O. The van der Waals surface area contributed by atoms with E-state index in [1.165, 1.54) is 12.0 Å². The fourth-order valence-electron chi connectivity index (χ4n) is 1.56. The van der Waals surface area contributed by atoms with Crippen LogP contribution in [0.25, 0.3) is 0 Å². The third-order valence-corrected chi connectivity index (χ3v) is 2.31. The summed E-state index contributed by atoms with van der Waals surface area (Å²) in [6.45, 7) is 0.594. The van der Waals surface area contributed by atoms with E-state index < -0.39 is 0 Å². The average Bonchev–Trinajstić information content (AvgIpc) is 2.68.